The number of aryl methyl sites for hydroxylation is 1. The fourth-order valence-electron chi connectivity index (χ4n) is 1.53. The molecule has 1 amide bonds. The lowest BCUT2D eigenvalue weighted by atomic mass is 10.1. The van der Waals surface area contributed by atoms with Gasteiger partial charge < -0.3 is 15.8 Å². The van der Waals surface area contributed by atoms with E-state index < -0.39 is 0 Å². The van der Waals surface area contributed by atoms with E-state index in [0.717, 1.165) is 13.0 Å². The van der Waals surface area contributed by atoms with Gasteiger partial charge in [-0.15, -0.1) is 0 Å². The number of nitrogens with one attached hydrogen (secondary N) is 1. The number of pyridine rings is 1. The molecule has 0 radical (unpaired) electrons. The van der Waals surface area contributed by atoms with Gasteiger partial charge in [0.15, 0.2) is 0 Å². The highest BCUT2D eigenvalue weighted by Crippen LogP contribution is 2.09. The molecule has 5 nitrogen and oxygen atoms in total. The number of amides is 1. The number of nitrogen functional groups attached to an aromatic ring is 1. The molecule has 0 fully saturated rings. The van der Waals surface area contributed by atoms with Crippen LogP contribution in [0.15, 0.2) is 12.3 Å². The summed E-state index contributed by atoms with van der Waals surface area (Å²) >= 11 is 0. The first-order valence-corrected chi connectivity index (χ1v) is 6.58. The second-order valence-corrected chi connectivity index (χ2v) is 4.95. The summed E-state index contributed by atoms with van der Waals surface area (Å²) in [5, 5.41) is 2.80. The molecule has 0 aromatic carbocycles. The maximum absolute atomic E-state index is 11.9. The molecular weight excluding hydrogens is 242 g/mol. The predicted molar refractivity (Wildman–Crippen MR) is 76.0 cm³/mol. The van der Waals surface area contributed by atoms with Crippen molar-refractivity contribution in [2.45, 2.75) is 27.2 Å². The number of nitrogens with two attached hydrogens (primary N) is 1. The normalized spacial score (nSPS) is 10.7. The van der Waals surface area contributed by atoms with Gasteiger partial charge in [-0.3, -0.25) is 9.78 Å². The van der Waals surface area contributed by atoms with Crippen LogP contribution < -0.4 is 11.1 Å². The lowest BCUT2D eigenvalue weighted by Gasteiger charge is -2.09. The summed E-state index contributed by atoms with van der Waals surface area (Å²) in [6, 6.07) is 1.64. The molecule has 1 aromatic rings. The van der Waals surface area contributed by atoms with Gasteiger partial charge in [0.05, 0.1) is 29.7 Å². The Labute approximate surface area is 114 Å². The maximum atomic E-state index is 11.9. The quantitative estimate of drug-likeness (QED) is 0.736. The lowest BCUT2D eigenvalue weighted by Crippen LogP contribution is -2.28. The van der Waals surface area contributed by atoms with Crippen LogP contribution in [0.2, 0.25) is 0 Å². The second-order valence-electron chi connectivity index (χ2n) is 4.95. The third-order valence-electron chi connectivity index (χ3n) is 2.72. The van der Waals surface area contributed by atoms with E-state index in [1.54, 1.807) is 19.2 Å². The molecule has 0 unspecified atom stereocenters. The van der Waals surface area contributed by atoms with Gasteiger partial charge in [0, 0.05) is 13.2 Å². The fourth-order valence-corrected chi connectivity index (χ4v) is 1.53. The van der Waals surface area contributed by atoms with Crippen molar-refractivity contribution in [1.82, 2.24) is 10.3 Å². The Kier molecular flexibility index (Phi) is 6.29. The molecule has 3 N–H and O–H groups in total. The van der Waals surface area contributed by atoms with Crippen molar-refractivity contribution in [2.75, 3.05) is 25.5 Å². The first kappa shape index (κ1) is 15.4. The molecule has 0 bridgehead atoms. The van der Waals surface area contributed by atoms with E-state index in [-0.39, 0.29) is 5.91 Å². The number of anilines is 1. The van der Waals surface area contributed by atoms with Gasteiger partial charge in [-0.2, -0.15) is 0 Å². The van der Waals surface area contributed by atoms with E-state index in [1.165, 1.54) is 0 Å². The number of rotatable bonds is 7. The van der Waals surface area contributed by atoms with Gasteiger partial charge >= 0.3 is 0 Å². The van der Waals surface area contributed by atoms with Gasteiger partial charge in [0.1, 0.15) is 0 Å². The van der Waals surface area contributed by atoms with Crippen LogP contribution in [0.5, 0.6) is 0 Å². The van der Waals surface area contributed by atoms with Gasteiger partial charge in [-0.25, -0.2) is 0 Å². The summed E-state index contributed by atoms with van der Waals surface area (Å²) in [6.07, 6.45) is 2.58. The number of ether oxygens (including phenoxy) is 1. The highest BCUT2D eigenvalue weighted by Gasteiger charge is 2.09. The van der Waals surface area contributed by atoms with Gasteiger partial charge in [0.25, 0.3) is 5.91 Å². The van der Waals surface area contributed by atoms with E-state index in [9.17, 15) is 4.79 Å². The predicted octanol–water partition coefficient (Wildman–Crippen LogP) is 1.76. The van der Waals surface area contributed by atoms with Crippen LogP contribution in [-0.4, -0.2) is 30.6 Å². The molecule has 1 aromatic heterocycles. The average molecular weight is 265 g/mol. The van der Waals surface area contributed by atoms with E-state index in [0.29, 0.717) is 36.0 Å². The zero-order valence-electron chi connectivity index (χ0n) is 11.9. The number of nitrogens with zero attached hydrogens (tertiary/aromatic N) is 1. The van der Waals surface area contributed by atoms with E-state index in [1.807, 2.05) is 0 Å². The Morgan fingerprint density at radius 1 is 1.47 bits per heavy atom. The Morgan fingerprint density at radius 3 is 2.89 bits per heavy atom. The van der Waals surface area contributed by atoms with Crippen molar-refractivity contribution in [3.05, 3.63) is 23.5 Å². The second kappa shape index (κ2) is 7.74. The van der Waals surface area contributed by atoms with Crippen LogP contribution in [0, 0.1) is 12.8 Å². The SMILES string of the molecule is Cc1ncc(N)cc1C(=O)NCCOCCC(C)C. The summed E-state index contributed by atoms with van der Waals surface area (Å²) in [7, 11) is 0. The van der Waals surface area contributed by atoms with Crippen molar-refractivity contribution in [3.8, 4) is 0 Å². The third-order valence-corrected chi connectivity index (χ3v) is 2.72. The maximum Gasteiger partial charge on any atom is 0.253 e. The lowest BCUT2D eigenvalue weighted by molar-refractivity contribution is 0.0905. The summed E-state index contributed by atoms with van der Waals surface area (Å²) in [5.41, 5.74) is 7.30. The molecule has 0 saturated carbocycles. The van der Waals surface area contributed by atoms with Crippen LogP contribution in [0.1, 0.15) is 36.3 Å². The fraction of sp³-hybridized carbons (Fsp3) is 0.571. The van der Waals surface area contributed by atoms with Gasteiger partial charge in [0.2, 0.25) is 0 Å². The molecule has 19 heavy (non-hydrogen) atoms. The number of hydrogen-bond donors (Lipinski definition) is 2. The van der Waals surface area contributed by atoms with Gasteiger partial charge in [-0.1, -0.05) is 13.8 Å². The molecule has 1 rings (SSSR count). The standard InChI is InChI=1S/C14H23N3O2/c1-10(2)4-6-19-7-5-16-14(18)13-8-12(15)9-17-11(13)3/h8-10H,4-7,15H2,1-3H3,(H,16,18). The molecule has 0 aliphatic rings. The molecule has 0 aliphatic carbocycles. The van der Waals surface area contributed by atoms with Crippen molar-refractivity contribution >= 4 is 11.6 Å². The number of aromatic nitrogens is 1. The van der Waals surface area contributed by atoms with Crippen molar-refractivity contribution < 1.29 is 9.53 Å². The number of carbonyl (C=O) groups is 1. The molecule has 0 saturated heterocycles. The molecule has 5 heteroatoms. The smallest absolute Gasteiger partial charge is 0.253 e. The number of carbonyl (C=O) groups excluding carboxylic acids is 1. The zero-order valence-corrected chi connectivity index (χ0v) is 11.9. The molecule has 1 heterocycles. The Morgan fingerprint density at radius 2 is 2.21 bits per heavy atom. The monoisotopic (exact) mass is 265 g/mol. The zero-order chi connectivity index (χ0) is 14.3. The van der Waals surface area contributed by atoms with Crippen LogP contribution in [-0.2, 0) is 4.74 Å². The highest BCUT2D eigenvalue weighted by molar-refractivity contribution is 5.95. The van der Waals surface area contributed by atoms with Crippen LogP contribution >= 0.6 is 0 Å². The summed E-state index contributed by atoms with van der Waals surface area (Å²) in [4.78, 5) is 16.0. The van der Waals surface area contributed by atoms with Gasteiger partial charge in [-0.05, 0) is 25.3 Å². The minimum atomic E-state index is -0.162. The first-order chi connectivity index (χ1) is 9.00. The van der Waals surface area contributed by atoms with E-state index >= 15 is 0 Å². The Hall–Kier alpha value is -1.62. The molecule has 0 spiro atoms. The van der Waals surface area contributed by atoms with Crippen LogP contribution in [0.25, 0.3) is 0 Å². The van der Waals surface area contributed by atoms with Crippen molar-refractivity contribution in [2.24, 2.45) is 5.92 Å². The van der Waals surface area contributed by atoms with Crippen molar-refractivity contribution in [3.63, 3.8) is 0 Å². The minimum Gasteiger partial charge on any atom is -0.397 e. The van der Waals surface area contributed by atoms with E-state index in [4.69, 9.17) is 10.5 Å². The topological polar surface area (TPSA) is 77.2 Å². The summed E-state index contributed by atoms with van der Waals surface area (Å²) in [6.45, 7) is 7.83. The van der Waals surface area contributed by atoms with Crippen LogP contribution in [0.3, 0.4) is 0 Å². The van der Waals surface area contributed by atoms with E-state index in [2.05, 4.69) is 24.1 Å². The molecule has 106 valence electrons. The molecular formula is C14H23N3O2. The largest absolute Gasteiger partial charge is 0.397 e. The molecule has 0 atom stereocenters. The highest BCUT2D eigenvalue weighted by atomic mass is 16.5. The Bertz CT molecular complexity index is 419. The minimum absolute atomic E-state index is 0.162. The van der Waals surface area contributed by atoms with Crippen molar-refractivity contribution in [1.29, 1.82) is 0 Å². The average Bonchev–Trinajstić information content (AvgIpc) is 2.36. The third kappa shape index (κ3) is 5.70. The molecule has 0 aliphatic heterocycles. The first-order valence-electron chi connectivity index (χ1n) is 6.58. The number of hydrogen-bond acceptors (Lipinski definition) is 4. The summed E-state index contributed by atoms with van der Waals surface area (Å²) in [5.74, 6) is 0.473. The summed E-state index contributed by atoms with van der Waals surface area (Å²) < 4.78 is 5.43. The Balaban J connectivity index is 2.29. The van der Waals surface area contributed by atoms with Crippen LogP contribution in [0.4, 0.5) is 5.69 Å².